The summed E-state index contributed by atoms with van der Waals surface area (Å²) in [6, 6.07) is 2.50. The van der Waals surface area contributed by atoms with E-state index in [1.54, 1.807) is 0 Å². The maximum atomic E-state index is 13.0. The Morgan fingerprint density at radius 2 is 2.00 bits per heavy atom. The highest BCUT2D eigenvalue weighted by molar-refractivity contribution is 9.10. The lowest BCUT2D eigenvalue weighted by Gasteiger charge is -2.09. The molecule has 88 valence electrons. The molecular weight excluding hydrogens is 332 g/mol. The second kappa shape index (κ2) is 5.16. The van der Waals surface area contributed by atoms with Crippen LogP contribution < -0.4 is 5.32 Å². The molecule has 0 saturated heterocycles. The van der Waals surface area contributed by atoms with Crippen molar-refractivity contribution in [3.63, 3.8) is 0 Å². The zero-order chi connectivity index (χ0) is 12.4. The average molecular weight is 337 g/mol. The van der Waals surface area contributed by atoms with E-state index < -0.39 is 5.82 Å². The van der Waals surface area contributed by atoms with E-state index in [1.807, 2.05) is 0 Å². The first kappa shape index (κ1) is 12.5. The maximum absolute atomic E-state index is 13.0. The predicted molar refractivity (Wildman–Crippen MR) is 69.4 cm³/mol. The molecule has 0 radical (unpaired) electrons. The first-order chi connectivity index (χ1) is 8.06. The molecule has 1 heterocycles. The van der Waals surface area contributed by atoms with Crippen molar-refractivity contribution < 1.29 is 4.39 Å². The molecule has 0 amide bonds. The number of nitrogens with zero attached hydrogens (tertiary/aromatic N) is 2. The Kier molecular flexibility index (Phi) is 3.81. The van der Waals surface area contributed by atoms with Gasteiger partial charge in [-0.2, -0.15) is 0 Å². The zero-order valence-corrected chi connectivity index (χ0v) is 11.3. The Labute approximate surface area is 115 Å². The summed E-state index contributed by atoms with van der Waals surface area (Å²) in [6.07, 6.45) is 2.89. The average Bonchev–Trinajstić information content (AvgIpc) is 2.23. The normalized spacial score (nSPS) is 10.4. The van der Waals surface area contributed by atoms with Gasteiger partial charge in [0.15, 0.2) is 5.82 Å². The SMILES string of the molecule is Fc1cc(Cl)c(Nc2cncc(Cl)n2)c(Br)c1. The highest BCUT2D eigenvalue weighted by Crippen LogP contribution is 2.33. The van der Waals surface area contributed by atoms with Gasteiger partial charge in [0.05, 0.1) is 23.1 Å². The molecule has 0 atom stereocenters. The van der Waals surface area contributed by atoms with Crippen LogP contribution in [0.25, 0.3) is 0 Å². The van der Waals surface area contributed by atoms with Crippen molar-refractivity contribution >= 4 is 50.6 Å². The van der Waals surface area contributed by atoms with E-state index in [2.05, 4.69) is 31.2 Å². The topological polar surface area (TPSA) is 37.8 Å². The molecule has 0 aliphatic heterocycles. The number of halogens is 4. The summed E-state index contributed by atoms with van der Waals surface area (Å²) in [4.78, 5) is 7.86. The third-order valence-electron chi connectivity index (χ3n) is 1.87. The van der Waals surface area contributed by atoms with Gasteiger partial charge in [-0.15, -0.1) is 0 Å². The molecule has 0 aliphatic rings. The number of nitrogens with one attached hydrogen (secondary N) is 1. The van der Waals surface area contributed by atoms with Crippen LogP contribution in [0.1, 0.15) is 0 Å². The summed E-state index contributed by atoms with van der Waals surface area (Å²) in [5, 5.41) is 3.39. The van der Waals surface area contributed by atoms with E-state index >= 15 is 0 Å². The third-order valence-corrected chi connectivity index (χ3v) is 2.97. The molecular formula is C10H5BrCl2FN3. The zero-order valence-electron chi connectivity index (χ0n) is 8.22. The number of hydrogen-bond acceptors (Lipinski definition) is 3. The van der Waals surface area contributed by atoms with Gasteiger partial charge in [-0.1, -0.05) is 23.2 Å². The summed E-state index contributed by atoms with van der Waals surface area (Å²) in [6.45, 7) is 0. The van der Waals surface area contributed by atoms with Crippen LogP contribution in [-0.4, -0.2) is 9.97 Å². The smallest absolute Gasteiger partial charge is 0.150 e. The Balaban J connectivity index is 2.36. The number of benzene rings is 1. The lowest BCUT2D eigenvalue weighted by Crippen LogP contribution is -1.97. The van der Waals surface area contributed by atoms with Crippen LogP contribution in [0, 0.1) is 5.82 Å². The fourth-order valence-corrected chi connectivity index (χ4v) is 2.24. The van der Waals surface area contributed by atoms with Gasteiger partial charge in [-0.3, -0.25) is 4.98 Å². The fourth-order valence-electron chi connectivity index (χ4n) is 1.19. The molecule has 0 fully saturated rings. The van der Waals surface area contributed by atoms with Crippen molar-refractivity contribution in [2.75, 3.05) is 5.32 Å². The minimum atomic E-state index is -0.426. The molecule has 0 saturated carbocycles. The molecule has 17 heavy (non-hydrogen) atoms. The van der Waals surface area contributed by atoms with Crippen LogP contribution in [0.15, 0.2) is 29.0 Å². The highest BCUT2D eigenvalue weighted by atomic mass is 79.9. The predicted octanol–water partition coefficient (Wildman–Crippen LogP) is 4.43. The quantitative estimate of drug-likeness (QED) is 0.881. The van der Waals surface area contributed by atoms with Crippen molar-refractivity contribution in [3.05, 3.63) is 45.0 Å². The van der Waals surface area contributed by atoms with Crippen molar-refractivity contribution in [2.24, 2.45) is 0 Å². The number of hydrogen-bond donors (Lipinski definition) is 1. The van der Waals surface area contributed by atoms with Gasteiger partial charge in [0.2, 0.25) is 0 Å². The van der Waals surface area contributed by atoms with E-state index in [4.69, 9.17) is 23.2 Å². The third kappa shape index (κ3) is 3.06. The van der Waals surface area contributed by atoms with E-state index in [1.165, 1.54) is 24.5 Å². The van der Waals surface area contributed by atoms with Crippen molar-refractivity contribution in [1.82, 2.24) is 9.97 Å². The van der Waals surface area contributed by atoms with Gasteiger partial charge in [0.1, 0.15) is 11.0 Å². The summed E-state index contributed by atoms with van der Waals surface area (Å²) >= 11 is 14.8. The second-order valence-corrected chi connectivity index (χ2v) is 4.75. The second-order valence-electron chi connectivity index (χ2n) is 3.10. The highest BCUT2D eigenvalue weighted by Gasteiger charge is 2.09. The molecule has 7 heteroatoms. The largest absolute Gasteiger partial charge is 0.337 e. The molecule has 0 spiro atoms. The van der Waals surface area contributed by atoms with E-state index in [0.29, 0.717) is 16.0 Å². The minimum absolute atomic E-state index is 0.235. The number of anilines is 2. The lowest BCUT2D eigenvalue weighted by molar-refractivity contribution is 0.627. The molecule has 3 nitrogen and oxygen atoms in total. The number of aromatic nitrogens is 2. The molecule has 0 unspecified atom stereocenters. The van der Waals surface area contributed by atoms with Gasteiger partial charge in [-0.25, -0.2) is 9.37 Å². The number of rotatable bonds is 2. The standard InChI is InChI=1S/C10H5BrCl2FN3/c11-6-1-5(14)2-7(12)10(6)17-9-4-15-3-8(13)16-9/h1-4H,(H,16,17). The van der Waals surface area contributed by atoms with Crippen LogP contribution in [0.5, 0.6) is 0 Å². The molecule has 2 rings (SSSR count). The van der Waals surface area contributed by atoms with Gasteiger partial charge in [0, 0.05) is 4.47 Å². The van der Waals surface area contributed by atoms with Crippen LogP contribution >= 0.6 is 39.1 Å². The summed E-state index contributed by atoms with van der Waals surface area (Å²) in [5.41, 5.74) is 0.504. The lowest BCUT2D eigenvalue weighted by atomic mass is 10.3. The first-order valence-electron chi connectivity index (χ1n) is 4.45. The monoisotopic (exact) mass is 335 g/mol. The molecule has 0 bridgehead atoms. The van der Waals surface area contributed by atoms with Crippen molar-refractivity contribution in [3.8, 4) is 0 Å². The first-order valence-corrected chi connectivity index (χ1v) is 6.00. The van der Waals surface area contributed by atoms with Crippen LogP contribution in [0.4, 0.5) is 15.9 Å². The molecule has 1 N–H and O–H groups in total. The Bertz CT molecular complexity index is 542. The molecule has 1 aromatic heterocycles. The summed E-state index contributed by atoms with van der Waals surface area (Å²) in [5.74, 6) is -0.00342. The summed E-state index contributed by atoms with van der Waals surface area (Å²) < 4.78 is 13.5. The van der Waals surface area contributed by atoms with E-state index in [0.717, 1.165) is 0 Å². The van der Waals surface area contributed by atoms with Crippen molar-refractivity contribution in [2.45, 2.75) is 0 Å². The Hall–Kier alpha value is -0.910. The van der Waals surface area contributed by atoms with Crippen LogP contribution in [-0.2, 0) is 0 Å². The Morgan fingerprint density at radius 3 is 2.65 bits per heavy atom. The van der Waals surface area contributed by atoms with E-state index in [9.17, 15) is 4.39 Å². The van der Waals surface area contributed by atoms with Crippen LogP contribution in [0.3, 0.4) is 0 Å². The molecule has 1 aromatic carbocycles. The van der Waals surface area contributed by atoms with Gasteiger partial charge >= 0.3 is 0 Å². The van der Waals surface area contributed by atoms with Gasteiger partial charge in [0.25, 0.3) is 0 Å². The van der Waals surface area contributed by atoms with Crippen LogP contribution in [0.2, 0.25) is 10.2 Å². The Morgan fingerprint density at radius 1 is 1.24 bits per heavy atom. The van der Waals surface area contributed by atoms with Gasteiger partial charge in [-0.05, 0) is 28.1 Å². The fraction of sp³-hybridized carbons (Fsp3) is 0. The summed E-state index contributed by atoms with van der Waals surface area (Å²) in [7, 11) is 0. The van der Waals surface area contributed by atoms with E-state index in [-0.39, 0.29) is 10.2 Å². The molecule has 2 aromatic rings. The maximum Gasteiger partial charge on any atom is 0.150 e. The minimum Gasteiger partial charge on any atom is -0.337 e. The molecule has 0 aliphatic carbocycles. The van der Waals surface area contributed by atoms with Crippen molar-refractivity contribution in [1.29, 1.82) is 0 Å². The van der Waals surface area contributed by atoms with Gasteiger partial charge < -0.3 is 5.32 Å².